The maximum absolute atomic E-state index is 10.9. The normalized spacial score (nSPS) is 10.1. The van der Waals surface area contributed by atoms with Crippen LogP contribution >= 0.6 is 0 Å². The average molecular weight is 254 g/mol. The number of nitro benzene ring substituents is 1. The molecule has 18 heavy (non-hydrogen) atoms. The van der Waals surface area contributed by atoms with Gasteiger partial charge in [0.2, 0.25) is 0 Å². The first-order valence-corrected chi connectivity index (χ1v) is 5.25. The van der Waals surface area contributed by atoms with Crippen molar-refractivity contribution in [1.82, 2.24) is 0 Å². The first kappa shape index (κ1) is 13.9. The van der Waals surface area contributed by atoms with E-state index < -0.39 is 10.9 Å². The Kier molecular flexibility index (Phi) is 5.06. The number of carboxylic acid groups (broad SMARTS) is 1. The number of rotatable bonds is 7. The van der Waals surface area contributed by atoms with E-state index in [1.165, 1.54) is 30.2 Å². The molecule has 0 heterocycles. The minimum atomic E-state index is -1.05. The summed E-state index contributed by atoms with van der Waals surface area (Å²) in [6, 6.07) is 6.04. The third-order valence-electron chi connectivity index (χ3n) is 2.31. The first-order valence-electron chi connectivity index (χ1n) is 5.25. The van der Waals surface area contributed by atoms with Crippen molar-refractivity contribution in [1.29, 1.82) is 0 Å². The lowest BCUT2D eigenvalue weighted by Gasteiger charge is -2.21. The highest BCUT2D eigenvalue weighted by Crippen LogP contribution is 2.27. The summed E-state index contributed by atoms with van der Waals surface area (Å²) in [6.45, 7) is 0.251. The van der Waals surface area contributed by atoms with E-state index in [0.29, 0.717) is 6.61 Å². The van der Waals surface area contributed by atoms with Gasteiger partial charge in [0, 0.05) is 19.7 Å². The van der Waals surface area contributed by atoms with Crippen LogP contribution < -0.4 is 4.90 Å². The number of nitro groups is 1. The monoisotopic (exact) mass is 254 g/mol. The zero-order chi connectivity index (χ0) is 13.5. The number of ether oxygens (including phenoxy) is 1. The van der Waals surface area contributed by atoms with E-state index in [0.717, 1.165) is 0 Å². The Morgan fingerprint density at radius 3 is 2.72 bits per heavy atom. The molecule has 0 aliphatic carbocycles. The SMILES string of the molecule is COCCN(CC(=O)O)c1ccccc1[N+](=O)[O-]. The lowest BCUT2D eigenvalue weighted by molar-refractivity contribution is -0.384. The van der Waals surface area contributed by atoms with Gasteiger partial charge in [-0.25, -0.2) is 0 Å². The molecule has 1 aromatic rings. The molecule has 0 radical (unpaired) electrons. The summed E-state index contributed by atoms with van der Waals surface area (Å²) in [5, 5.41) is 19.7. The van der Waals surface area contributed by atoms with Crippen molar-refractivity contribution in [3.8, 4) is 0 Å². The molecule has 1 rings (SSSR count). The van der Waals surface area contributed by atoms with Crippen molar-refractivity contribution >= 4 is 17.3 Å². The van der Waals surface area contributed by atoms with Gasteiger partial charge < -0.3 is 14.7 Å². The number of anilines is 1. The maximum atomic E-state index is 10.9. The molecule has 0 spiro atoms. The second-order valence-electron chi connectivity index (χ2n) is 3.55. The summed E-state index contributed by atoms with van der Waals surface area (Å²) in [6.07, 6.45) is 0. The lowest BCUT2D eigenvalue weighted by Crippen LogP contribution is -2.33. The summed E-state index contributed by atoms with van der Waals surface area (Å²) in [5.74, 6) is -1.05. The predicted octanol–water partition coefficient (Wildman–Crippen LogP) is 1.13. The Bertz CT molecular complexity index is 435. The van der Waals surface area contributed by atoms with Crippen LogP contribution in [0.5, 0.6) is 0 Å². The van der Waals surface area contributed by atoms with E-state index in [2.05, 4.69) is 0 Å². The molecular formula is C11H14N2O5. The molecule has 1 aromatic carbocycles. The quantitative estimate of drug-likeness (QED) is 0.579. The molecule has 1 N–H and O–H groups in total. The van der Waals surface area contributed by atoms with Crippen LogP contribution in [-0.2, 0) is 9.53 Å². The van der Waals surface area contributed by atoms with Crippen molar-refractivity contribution in [3.05, 3.63) is 34.4 Å². The fourth-order valence-corrected chi connectivity index (χ4v) is 1.54. The number of aliphatic carboxylic acids is 1. The summed E-state index contributed by atoms with van der Waals surface area (Å²) < 4.78 is 4.87. The number of nitrogens with zero attached hydrogens (tertiary/aromatic N) is 2. The summed E-state index contributed by atoms with van der Waals surface area (Å²) in [7, 11) is 1.48. The second kappa shape index (κ2) is 6.55. The summed E-state index contributed by atoms with van der Waals surface area (Å²) in [4.78, 5) is 22.5. The molecule has 0 amide bonds. The fraction of sp³-hybridized carbons (Fsp3) is 0.364. The molecule has 0 aromatic heterocycles. The van der Waals surface area contributed by atoms with Gasteiger partial charge in [0.25, 0.3) is 5.69 Å². The molecule has 0 aliphatic rings. The summed E-state index contributed by atoms with van der Waals surface area (Å²) in [5.41, 5.74) is 0.164. The molecule has 7 nitrogen and oxygen atoms in total. The lowest BCUT2D eigenvalue weighted by atomic mass is 10.2. The van der Waals surface area contributed by atoms with Gasteiger partial charge in [-0.2, -0.15) is 0 Å². The minimum absolute atomic E-state index is 0.116. The molecule has 0 bridgehead atoms. The van der Waals surface area contributed by atoms with Gasteiger partial charge in [-0.3, -0.25) is 14.9 Å². The van der Waals surface area contributed by atoms with E-state index in [1.54, 1.807) is 6.07 Å². The molecule has 0 fully saturated rings. The van der Waals surface area contributed by atoms with Crippen LogP contribution in [0.25, 0.3) is 0 Å². The van der Waals surface area contributed by atoms with E-state index >= 15 is 0 Å². The largest absolute Gasteiger partial charge is 0.480 e. The highest BCUT2D eigenvalue weighted by Gasteiger charge is 2.20. The van der Waals surface area contributed by atoms with Crippen LogP contribution in [0.15, 0.2) is 24.3 Å². The van der Waals surface area contributed by atoms with Gasteiger partial charge in [-0.15, -0.1) is 0 Å². The van der Waals surface area contributed by atoms with Gasteiger partial charge in [0.15, 0.2) is 0 Å². The van der Waals surface area contributed by atoms with Crippen LogP contribution in [0.4, 0.5) is 11.4 Å². The summed E-state index contributed by atoms with van der Waals surface area (Å²) >= 11 is 0. The van der Waals surface area contributed by atoms with Crippen molar-refractivity contribution in [3.63, 3.8) is 0 Å². The van der Waals surface area contributed by atoms with E-state index in [4.69, 9.17) is 9.84 Å². The third-order valence-corrected chi connectivity index (χ3v) is 2.31. The van der Waals surface area contributed by atoms with E-state index in [1.807, 2.05) is 0 Å². The van der Waals surface area contributed by atoms with Crippen molar-refractivity contribution in [2.45, 2.75) is 0 Å². The maximum Gasteiger partial charge on any atom is 0.323 e. The standard InChI is InChI=1S/C11H14N2O5/c1-18-7-6-12(8-11(14)15)9-4-2-3-5-10(9)13(16)17/h2-5H,6-8H2,1H3,(H,14,15). The number of hydrogen-bond acceptors (Lipinski definition) is 5. The highest BCUT2D eigenvalue weighted by molar-refractivity contribution is 5.76. The topological polar surface area (TPSA) is 92.9 Å². The van der Waals surface area contributed by atoms with Crippen molar-refractivity contribution in [2.75, 3.05) is 31.7 Å². The third kappa shape index (κ3) is 3.70. The number of carbonyl (C=O) groups is 1. The number of para-hydroxylation sites is 2. The molecular weight excluding hydrogens is 240 g/mol. The molecule has 0 saturated heterocycles. The second-order valence-corrected chi connectivity index (χ2v) is 3.55. The number of methoxy groups -OCH3 is 1. The van der Waals surface area contributed by atoms with Crippen molar-refractivity contribution < 1.29 is 19.6 Å². The minimum Gasteiger partial charge on any atom is -0.480 e. The Morgan fingerprint density at radius 1 is 1.50 bits per heavy atom. The zero-order valence-electron chi connectivity index (χ0n) is 9.91. The van der Waals surface area contributed by atoms with Gasteiger partial charge in [0.05, 0.1) is 11.5 Å². The average Bonchev–Trinajstić information content (AvgIpc) is 2.34. The van der Waals surface area contributed by atoms with Crippen LogP contribution in [-0.4, -0.2) is 42.8 Å². The molecule has 0 unspecified atom stereocenters. The van der Waals surface area contributed by atoms with Crippen molar-refractivity contribution in [2.24, 2.45) is 0 Å². The molecule has 0 atom stereocenters. The van der Waals surface area contributed by atoms with Crippen LogP contribution in [0.3, 0.4) is 0 Å². The van der Waals surface area contributed by atoms with E-state index in [9.17, 15) is 14.9 Å². The number of hydrogen-bond donors (Lipinski definition) is 1. The van der Waals surface area contributed by atoms with Crippen LogP contribution in [0.1, 0.15) is 0 Å². The van der Waals surface area contributed by atoms with Gasteiger partial charge >= 0.3 is 5.97 Å². The number of benzene rings is 1. The molecule has 0 aliphatic heterocycles. The molecule has 98 valence electrons. The molecule has 7 heteroatoms. The Balaban J connectivity index is 3.03. The Hall–Kier alpha value is -2.15. The van der Waals surface area contributed by atoms with Gasteiger partial charge in [-0.1, -0.05) is 12.1 Å². The van der Waals surface area contributed by atoms with Crippen LogP contribution in [0.2, 0.25) is 0 Å². The fourth-order valence-electron chi connectivity index (χ4n) is 1.54. The van der Waals surface area contributed by atoms with Gasteiger partial charge in [0.1, 0.15) is 12.2 Å². The Morgan fingerprint density at radius 2 is 2.17 bits per heavy atom. The first-order chi connectivity index (χ1) is 8.56. The molecule has 0 saturated carbocycles. The Labute approximate surface area is 104 Å². The predicted molar refractivity (Wildman–Crippen MR) is 64.8 cm³/mol. The highest BCUT2D eigenvalue weighted by atomic mass is 16.6. The zero-order valence-corrected chi connectivity index (χ0v) is 9.91. The smallest absolute Gasteiger partial charge is 0.323 e. The van der Waals surface area contributed by atoms with Gasteiger partial charge in [-0.05, 0) is 6.07 Å². The van der Waals surface area contributed by atoms with E-state index in [-0.39, 0.29) is 24.5 Å². The number of carboxylic acids is 1. The van der Waals surface area contributed by atoms with Crippen LogP contribution in [0, 0.1) is 10.1 Å².